The predicted molar refractivity (Wildman–Crippen MR) is 109 cm³/mol. The van der Waals surface area contributed by atoms with Crippen molar-refractivity contribution in [1.82, 2.24) is 10.6 Å². The normalized spacial score (nSPS) is 12.3. The highest BCUT2D eigenvalue weighted by Gasteiger charge is 2.17. The van der Waals surface area contributed by atoms with E-state index in [0.29, 0.717) is 5.56 Å². The van der Waals surface area contributed by atoms with Crippen LogP contribution in [-0.4, -0.2) is 11.8 Å². The molecule has 0 fully saturated rings. The van der Waals surface area contributed by atoms with Gasteiger partial charge in [0.15, 0.2) is 0 Å². The van der Waals surface area contributed by atoms with Gasteiger partial charge in [-0.1, -0.05) is 54.6 Å². The molecule has 3 rings (SSSR count). The average molecular weight is 376 g/mol. The molecule has 0 aliphatic heterocycles. The van der Waals surface area contributed by atoms with Crippen LogP contribution in [0.25, 0.3) is 6.08 Å². The molecule has 3 aromatic rings. The van der Waals surface area contributed by atoms with Crippen LogP contribution in [0.1, 0.15) is 33.8 Å². The zero-order valence-corrected chi connectivity index (χ0v) is 15.7. The smallest absolute Gasteiger partial charge is 0.268 e. The highest BCUT2D eigenvalue weighted by Crippen LogP contribution is 2.15. The topological polar surface area (TPSA) is 58.2 Å². The van der Waals surface area contributed by atoms with Crippen LogP contribution in [0.4, 0.5) is 0 Å². The van der Waals surface area contributed by atoms with Gasteiger partial charge in [0.05, 0.1) is 6.04 Å². The minimum absolute atomic E-state index is 0.181. The largest absolute Gasteiger partial charge is 0.344 e. The lowest BCUT2D eigenvalue weighted by atomic mass is 10.1. The van der Waals surface area contributed by atoms with Crippen LogP contribution in [0.15, 0.2) is 83.9 Å². The molecular formula is C22H20N2O2S. The van der Waals surface area contributed by atoms with Crippen molar-refractivity contribution in [3.8, 4) is 0 Å². The van der Waals surface area contributed by atoms with Gasteiger partial charge in [-0.25, -0.2) is 0 Å². The molecule has 0 radical (unpaired) electrons. The number of benzene rings is 2. The van der Waals surface area contributed by atoms with Gasteiger partial charge in [-0.3, -0.25) is 9.59 Å². The number of carbonyl (C=O) groups is 2. The predicted octanol–water partition coefficient (Wildman–Crippen LogP) is 4.40. The fraction of sp³-hybridized carbons (Fsp3) is 0.0909. The standard InChI is InChI=1S/C22H20N2O2S/c1-16(17-9-4-2-5-10-17)23-22(26)20(15-19-13-8-14-27-19)24-21(25)18-11-6-3-7-12-18/h2-16H,1H3,(H,23,26)(H,24,25)/b20-15+/t16-/m0/s1. The van der Waals surface area contributed by atoms with E-state index in [1.54, 1.807) is 30.3 Å². The molecule has 1 atom stereocenters. The van der Waals surface area contributed by atoms with Crippen molar-refractivity contribution in [3.63, 3.8) is 0 Å². The zero-order valence-electron chi connectivity index (χ0n) is 14.9. The second-order valence-electron chi connectivity index (χ2n) is 6.00. The Morgan fingerprint density at radius 3 is 2.22 bits per heavy atom. The van der Waals surface area contributed by atoms with Gasteiger partial charge >= 0.3 is 0 Å². The van der Waals surface area contributed by atoms with E-state index in [9.17, 15) is 9.59 Å². The summed E-state index contributed by atoms with van der Waals surface area (Å²) in [7, 11) is 0. The fourth-order valence-electron chi connectivity index (χ4n) is 2.56. The third kappa shape index (κ3) is 5.15. The van der Waals surface area contributed by atoms with Crippen LogP contribution in [0.3, 0.4) is 0 Å². The molecular weight excluding hydrogens is 356 g/mol. The van der Waals surface area contributed by atoms with Crippen molar-refractivity contribution in [2.24, 2.45) is 0 Å². The first-order valence-electron chi connectivity index (χ1n) is 8.61. The number of hydrogen-bond donors (Lipinski definition) is 2. The van der Waals surface area contributed by atoms with Gasteiger partial charge in [-0.15, -0.1) is 11.3 Å². The Morgan fingerprint density at radius 2 is 1.59 bits per heavy atom. The van der Waals surface area contributed by atoms with Crippen molar-refractivity contribution in [3.05, 3.63) is 99.9 Å². The maximum atomic E-state index is 12.8. The highest BCUT2D eigenvalue weighted by molar-refractivity contribution is 7.10. The van der Waals surface area contributed by atoms with E-state index in [2.05, 4.69) is 10.6 Å². The molecule has 136 valence electrons. The van der Waals surface area contributed by atoms with Crippen molar-refractivity contribution in [2.75, 3.05) is 0 Å². The lowest BCUT2D eigenvalue weighted by molar-refractivity contribution is -0.118. The van der Waals surface area contributed by atoms with Crippen LogP contribution in [0, 0.1) is 0 Å². The number of amides is 2. The lowest BCUT2D eigenvalue weighted by Crippen LogP contribution is -2.36. The average Bonchev–Trinajstić information content (AvgIpc) is 3.22. The highest BCUT2D eigenvalue weighted by atomic mass is 32.1. The first-order valence-corrected chi connectivity index (χ1v) is 9.49. The Kier molecular flexibility index (Phi) is 6.18. The van der Waals surface area contributed by atoms with Crippen LogP contribution in [0.2, 0.25) is 0 Å². The minimum Gasteiger partial charge on any atom is -0.344 e. The second-order valence-corrected chi connectivity index (χ2v) is 6.98. The Balaban J connectivity index is 1.79. The van der Waals surface area contributed by atoms with Crippen molar-refractivity contribution < 1.29 is 9.59 Å². The Morgan fingerprint density at radius 1 is 0.926 bits per heavy atom. The van der Waals surface area contributed by atoms with E-state index >= 15 is 0 Å². The monoisotopic (exact) mass is 376 g/mol. The van der Waals surface area contributed by atoms with E-state index in [1.807, 2.05) is 60.8 Å². The van der Waals surface area contributed by atoms with E-state index < -0.39 is 0 Å². The molecule has 0 spiro atoms. The molecule has 4 nitrogen and oxygen atoms in total. The zero-order chi connectivity index (χ0) is 19.1. The Hall–Kier alpha value is -3.18. The van der Waals surface area contributed by atoms with Crippen molar-refractivity contribution >= 4 is 29.2 Å². The van der Waals surface area contributed by atoms with Crippen molar-refractivity contribution in [2.45, 2.75) is 13.0 Å². The van der Waals surface area contributed by atoms with Crippen LogP contribution in [0.5, 0.6) is 0 Å². The third-order valence-electron chi connectivity index (χ3n) is 4.01. The molecule has 2 N–H and O–H groups in total. The number of nitrogens with one attached hydrogen (secondary N) is 2. The number of rotatable bonds is 6. The molecule has 0 bridgehead atoms. The summed E-state index contributed by atoms with van der Waals surface area (Å²) in [5, 5.41) is 7.62. The van der Waals surface area contributed by atoms with Crippen LogP contribution in [-0.2, 0) is 4.79 Å². The van der Waals surface area contributed by atoms with Gasteiger partial charge in [0.25, 0.3) is 11.8 Å². The summed E-state index contributed by atoms with van der Waals surface area (Å²) in [5.74, 6) is -0.648. The molecule has 0 unspecified atom stereocenters. The molecule has 5 heteroatoms. The summed E-state index contributed by atoms with van der Waals surface area (Å²) in [6.45, 7) is 1.91. The Bertz CT molecular complexity index is 919. The second kappa shape index (κ2) is 8.96. The molecule has 0 saturated carbocycles. The summed E-state index contributed by atoms with van der Waals surface area (Å²) >= 11 is 1.50. The first kappa shape index (κ1) is 18.6. The summed E-state index contributed by atoms with van der Waals surface area (Å²) in [4.78, 5) is 26.2. The minimum atomic E-state index is -0.330. The summed E-state index contributed by atoms with van der Waals surface area (Å²) in [5.41, 5.74) is 1.71. The molecule has 27 heavy (non-hydrogen) atoms. The third-order valence-corrected chi connectivity index (χ3v) is 4.83. The van der Waals surface area contributed by atoms with Gasteiger partial charge in [-0.05, 0) is 42.1 Å². The quantitative estimate of drug-likeness (QED) is 0.627. The molecule has 1 heterocycles. The first-order chi connectivity index (χ1) is 13.1. The summed E-state index contributed by atoms with van der Waals surface area (Å²) in [6, 6.07) is 22.1. The Labute approximate surface area is 162 Å². The van der Waals surface area contributed by atoms with Gasteiger partial charge in [0, 0.05) is 10.4 Å². The summed E-state index contributed by atoms with van der Waals surface area (Å²) < 4.78 is 0. The number of carbonyl (C=O) groups excluding carboxylic acids is 2. The summed E-state index contributed by atoms with van der Waals surface area (Å²) in [6.07, 6.45) is 1.69. The van der Waals surface area contributed by atoms with Crippen LogP contribution < -0.4 is 10.6 Å². The molecule has 0 aliphatic carbocycles. The maximum absolute atomic E-state index is 12.8. The molecule has 0 aliphatic rings. The molecule has 1 aromatic heterocycles. The van der Waals surface area contributed by atoms with E-state index in [0.717, 1.165) is 10.4 Å². The lowest BCUT2D eigenvalue weighted by Gasteiger charge is -2.16. The molecule has 0 saturated heterocycles. The van der Waals surface area contributed by atoms with Gasteiger partial charge in [-0.2, -0.15) is 0 Å². The maximum Gasteiger partial charge on any atom is 0.268 e. The van der Waals surface area contributed by atoms with E-state index in [4.69, 9.17) is 0 Å². The van der Waals surface area contributed by atoms with Gasteiger partial charge < -0.3 is 10.6 Å². The van der Waals surface area contributed by atoms with Gasteiger partial charge in [0.1, 0.15) is 5.70 Å². The molecule has 2 aromatic carbocycles. The molecule has 2 amide bonds. The van der Waals surface area contributed by atoms with Crippen LogP contribution >= 0.6 is 11.3 Å². The number of thiophene rings is 1. The van der Waals surface area contributed by atoms with E-state index in [1.165, 1.54) is 11.3 Å². The van der Waals surface area contributed by atoms with Crippen molar-refractivity contribution in [1.29, 1.82) is 0 Å². The SMILES string of the molecule is C[C@H](NC(=O)/C(=C\c1cccs1)NC(=O)c1ccccc1)c1ccccc1. The fourth-order valence-corrected chi connectivity index (χ4v) is 3.21. The van der Waals surface area contributed by atoms with Gasteiger partial charge in [0.2, 0.25) is 0 Å². The van der Waals surface area contributed by atoms with E-state index in [-0.39, 0.29) is 23.6 Å². The number of hydrogen-bond acceptors (Lipinski definition) is 3.